The minimum absolute atomic E-state index is 0.255. The van der Waals surface area contributed by atoms with Crippen molar-refractivity contribution in [2.24, 2.45) is 5.73 Å². The van der Waals surface area contributed by atoms with Gasteiger partial charge in [-0.1, -0.05) is 12.1 Å². The Hall–Kier alpha value is -1.10. The maximum absolute atomic E-state index is 8.89. The number of aliphatic hydroxyl groups is 1. The van der Waals surface area contributed by atoms with E-state index in [-0.39, 0.29) is 6.61 Å². The lowest BCUT2D eigenvalue weighted by Crippen LogP contribution is -2.47. The predicted molar refractivity (Wildman–Crippen MR) is 70.1 cm³/mol. The van der Waals surface area contributed by atoms with Gasteiger partial charge in [-0.25, -0.2) is 0 Å². The van der Waals surface area contributed by atoms with Crippen molar-refractivity contribution in [2.45, 2.75) is 6.54 Å². The molecule has 1 aliphatic heterocycles. The Labute approximate surface area is 103 Å². The van der Waals surface area contributed by atoms with Crippen LogP contribution in [0.2, 0.25) is 0 Å². The number of rotatable bonds is 4. The van der Waals surface area contributed by atoms with E-state index in [4.69, 9.17) is 10.8 Å². The van der Waals surface area contributed by atoms with Gasteiger partial charge in [-0.05, 0) is 17.7 Å². The average molecular weight is 235 g/mol. The molecule has 1 aliphatic rings. The van der Waals surface area contributed by atoms with E-state index in [2.05, 4.69) is 34.1 Å². The van der Waals surface area contributed by atoms with Crippen LogP contribution in [0.25, 0.3) is 0 Å². The minimum atomic E-state index is 0.255. The highest BCUT2D eigenvalue weighted by molar-refractivity contribution is 5.48. The lowest BCUT2D eigenvalue weighted by Gasteiger charge is -2.35. The molecule has 1 saturated heterocycles. The van der Waals surface area contributed by atoms with Gasteiger partial charge in [0.2, 0.25) is 0 Å². The molecule has 3 N–H and O–H groups in total. The molecule has 0 amide bonds. The fraction of sp³-hybridized carbons (Fsp3) is 0.538. The summed E-state index contributed by atoms with van der Waals surface area (Å²) < 4.78 is 0. The topological polar surface area (TPSA) is 52.7 Å². The first-order chi connectivity index (χ1) is 8.33. The smallest absolute Gasteiger partial charge is 0.0558 e. The number of benzene rings is 1. The highest BCUT2D eigenvalue weighted by atomic mass is 16.3. The summed E-state index contributed by atoms with van der Waals surface area (Å²) >= 11 is 0. The Balaban J connectivity index is 1.91. The second kappa shape index (κ2) is 6.00. The van der Waals surface area contributed by atoms with Crippen LogP contribution in [0.4, 0.5) is 5.69 Å². The molecule has 0 atom stereocenters. The van der Waals surface area contributed by atoms with Crippen molar-refractivity contribution in [3.8, 4) is 0 Å². The molecule has 0 aliphatic carbocycles. The molecule has 1 aromatic carbocycles. The van der Waals surface area contributed by atoms with Gasteiger partial charge in [-0.2, -0.15) is 0 Å². The molecule has 2 rings (SSSR count). The summed E-state index contributed by atoms with van der Waals surface area (Å²) in [6, 6.07) is 8.47. The van der Waals surface area contributed by atoms with E-state index in [1.165, 1.54) is 11.3 Å². The molecule has 4 nitrogen and oxygen atoms in total. The number of nitrogens with two attached hydrogens (primary N) is 1. The average Bonchev–Trinajstić information content (AvgIpc) is 2.40. The van der Waals surface area contributed by atoms with Crippen LogP contribution in [-0.2, 0) is 6.54 Å². The molecule has 1 fully saturated rings. The van der Waals surface area contributed by atoms with Gasteiger partial charge in [-0.15, -0.1) is 0 Å². The molecule has 0 saturated carbocycles. The van der Waals surface area contributed by atoms with Crippen LogP contribution in [0, 0.1) is 0 Å². The molecule has 0 bridgehead atoms. The summed E-state index contributed by atoms with van der Waals surface area (Å²) in [6.45, 7) is 5.76. The largest absolute Gasteiger partial charge is 0.395 e. The molecule has 0 unspecified atom stereocenters. The number of hydrogen-bond donors (Lipinski definition) is 2. The summed E-state index contributed by atoms with van der Waals surface area (Å²) in [7, 11) is 0. The molecule has 0 radical (unpaired) electrons. The second-order valence-corrected chi connectivity index (χ2v) is 4.42. The maximum Gasteiger partial charge on any atom is 0.0558 e. The summed E-state index contributed by atoms with van der Waals surface area (Å²) in [5, 5.41) is 8.89. The summed E-state index contributed by atoms with van der Waals surface area (Å²) in [4.78, 5) is 4.68. The zero-order valence-corrected chi connectivity index (χ0v) is 10.2. The van der Waals surface area contributed by atoms with E-state index in [9.17, 15) is 0 Å². The molecule has 0 aromatic heterocycles. The molecule has 0 spiro atoms. The fourth-order valence-corrected chi connectivity index (χ4v) is 2.21. The van der Waals surface area contributed by atoms with Crippen LogP contribution in [-0.4, -0.2) is 49.3 Å². The number of aliphatic hydroxyl groups excluding tert-OH is 1. The van der Waals surface area contributed by atoms with Gasteiger partial charge in [0, 0.05) is 45.0 Å². The standard InChI is InChI=1S/C13H21N3O/c14-11-12-1-3-13(4-2-12)16-7-5-15(6-8-16)9-10-17/h1-4,17H,5-11,14H2. The Morgan fingerprint density at radius 1 is 1.06 bits per heavy atom. The van der Waals surface area contributed by atoms with Crippen molar-refractivity contribution in [3.63, 3.8) is 0 Å². The molecule has 4 heteroatoms. The van der Waals surface area contributed by atoms with E-state index >= 15 is 0 Å². The van der Waals surface area contributed by atoms with Crippen molar-refractivity contribution in [1.82, 2.24) is 4.90 Å². The van der Waals surface area contributed by atoms with Crippen LogP contribution in [0.15, 0.2) is 24.3 Å². The van der Waals surface area contributed by atoms with E-state index in [1.54, 1.807) is 0 Å². The van der Waals surface area contributed by atoms with E-state index in [0.717, 1.165) is 32.7 Å². The van der Waals surface area contributed by atoms with Crippen LogP contribution in [0.3, 0.4) is 0 Å². The normalized spacial score (nSPS) is 17.4. The number of piperazine rings is 1. The molecule has 1 heterocycles. The number of anilines is 1. The molecule has 17 heavy (non-hydrogen) atoms. The van der Waals surface area contributed by atoms with Crippen molar-refractivity contribution in [1.29, 1.82) is 0 Å². The summed E-state index contributed by atoms with van der Waals surface area (Å²) in [5.41, 5.74) is 8.03. The summed E-state index contributed by atoms with van der Waals surface area (Å²) in [5.74, 6) is 0. The van der Waals surface area contributed by atoms with Crippen molar-refractivity contribution in [2.75, 3.05) is 44.2 Å². The second-order valence-electron chi connectivity index (χ2n) is 4.42. The first kappa shape index (κ1) is 12.4. The van der Waals surface area contributed by atoms with Crippen molar-refractivity contribution in [3.05, 3.63) is 29.8 Å². The first-order valence-corrected chi connectivity index (χ1v) is 6.20. The Morgan fingerprint density at radius 3 is 2.24 bits per heavy atom. The quantitative estimate of drug-likeness (QED) is 0.786. The Morgan fingerprint density at radius 2 is 1.71 bits per heavy atom. The van der Waals surface area contributed by atoms with E-state index in [0.29, 0.717) is 6.54 Å². The third-order valence-corrected chi connectivity index (χ3v) is 3.33. The fourth-order valence-electron chi connectivity index (χ4n) is 2.21. The third kappa shape index (κ3) is 3.19. The van der Waals surface area contributed by atoms with Gasteiger partial charge in [0.1, 0.15) is 0 Å². The van der Waals surface area contributed by atoms with Crippen LogP contribution < -0.4 is 10.6 Å². The first-order valence-electron chi connectivity index (χ1n) is 6.20. The monoisotopic (exact) mass is 235 g/mol. The van der Waals surface area contributed by atoms with E-state index in [1.807, 2.05) is 0 Å². The van der Waals surface area contributed by atoms with Crippen LogP contribution in [0.5, 0.6) is 0 Å². The zero-order chi connectivity index (χ0) is 12.1. The number of β-amino-alcohol motifs (C(OH)–C–C–N with tert-alkyl or cyclic N) is 1. The Kier molecular flexibility index (Phi) is 4.36. The van der Waals surface area contributed by atoms with E-state index < -0.39 is 0 Å². The van der Waals surface area contributed by atoms with Crippen LogP contribution >= 0.6 is 0 Å². The summed E-state index contributed by atoms with van der Waals surface area (Å²) in [6.07, 6.45) is 0. The van der Waals surface area contributed by atoms with Gasteiger partial charge >= 0.3 is 0 Å². The third-order valence-electron chi connectivity index (χ3n) is 3.33. The maximum atomic E-state index is 8.89. The SMILES string of the molecule is NCc1ccc(N2CCN(CCO)CC2)cc1. The van der Waals surface area contributed by atoms with Gasteiger partial charge < -0.3 is 15.7 Å². The van der Waals surface area contributed by atoms with Gasteiger partial charge in [0.25, 0.3) is 0 Å². The highest BCUT2D eigenvalue weighted by Crippen LogP contribution is 2.17. The van der Waals surface area contributed by atoms with Gasteiger partial charge in [-0.3, -0.25) is 4.90 Å². The van der Waals surface area contributed by atoms with Crippen molar-refractivity contribution < 1.29 is 5.11 Å². The van der Waals surface area contributed by atoms with Crippen molar-refractivity contribution >= 4 is 5.69 Å². The number of nitrogens with zero attached hydrogens (tertiary/aromatic N) is 2. The minimum Gasteiger partial charge on any atom is -0.395 e. The highest BCUT2D eigenvalue weighted by Gasteiger charge is 2.16. The number of hydrogen-bond acceptors (Lipinski definition) is 4. The molecular weight excluding hydrogens is 214 g/mol. The lowest BCUT2D eigenvalue weighted by molar-refractivity contribution is 0.189. The zero-order valence-electron chi connectivity index (χ0n) is 10.2. The molecule has 1 aromatic rings. The predicted octanol–water partition coefficient (Wildman–Crippen LogP) is 0.260. The van der Waals surface area contributed by atoms with Crippen LogP contribution in [0.1, 0.15) is 5.56 Å². The van der Waals surface area contributed by atoms with Gasteiger partial charge in [0.05, 0.1) is 6.61 Å². The molecule has 94 valence electrons. The van der Waals surface area contributed by atoms with Gasteiger partial charge in [0.15, 0.2) is 0 Å². The lowest BCUT2D eigenvalue weighted by atomic mass is 10.2. The Bertz CT molecular complexity index is 331. The molecular formula is C13H21N3O.